The Morgan fingerprint density at radius 1 is 1.10 bits per heavy atom. The van der Waals surface area contributed by atoms with E-state index in [4.69, 9.17) is 23.2 Å². The summed E-state index contributed by atoms with van der Waals surface area (Å²) in [4.78, 5) is 13.2. The summed E-state index contributed by atoms with van der Waals surface area (Å²) < 4.78 is 26.4. The van der Waals surface area contributed by atoms with Crippen molar-refractivity contribution in [1.82, 2.24) is 5.32 Å². The Balaban J connectivity index is 1.87. The molecule has 0 spiro atoms. The molecule has 8 heteroatoms. The Bertz CT molecular complexity index is 1070. The highest BCUT2D eigenvalue weighted by Crippen LogP contribution is 2.33. The fourth-order valence-electron chi connectivity index (χ4n) is 4.11. The maximum atomic E-state index is 13.2. The molecule has 2 atom stereocenters. The average Bonchev–Trinajstić information content (AvgIpc) is 2.72. The van der Waals surface area contributed by atoms with E-state index in [9.17, 15) is 13.2 Å². The first-order valence-corrected chi connectivity index (χ1v) is 13.1. The number of nitrogens with zero attached hydrogens (tertiary/aromatic N) is 1. The summed E-state index contributed by atoms with van der Waals surface area (Å²) in [7, 11) is -3.80. The van der Waals surface area contributed by atoms with E-state index < -0.39 is 16.1 Å². The minimum atomic E-state index is -3.80. The minimum Gasteiger partial charge on any atom is -0.348 e. The monoisotopic (exact) mass is 482 g/mol. The Kier molecular flexibility index (Phi) is 7.55. The number of halogens is 2. The third-order valence-corrected chi connectivity index (χ3v) is 7.43. The molecule has 0 saturated heterocycles. The van der Waals surface area contributed by atoms with Gasteiger partial charge >= 0.3 is 0 Å². The van der Waals surface area contributed by atoms with Gasteiger partial charge in [-0.25, -0.2) is 8.42 Å². The molecule has 1 amide bonds. The molecule has 168 valence electrons. The number of amides is 1. The zero-order valence-electron chi connectivity index (χ0n) is 18.0. The van der Waals surface area contributed by atoms with Gasteiger partial charge in [-0.2, -0.15) is 0 Å². The van der Waals surface area contributed by atoms with Gasteiger partial charge in [-0.15, -0.1) is 0 Å². The predicted octanol–water partition coefficient (Wildman–Crippen LogP) is 5.29. The lowest BCUT2D eigenvalue weighted by Gasteiger charge is -2.32. The van der Waals surface area contributed by atoms with Gasteiger partial charge < -0.3 is 5.32 Å². The van der Waals surface area contributed by atoms with E-state index in [-0.39, 0.29) is 29.1 Å². The summed E-state index contributed by atoms with van der Waals surface area (Å²) in [5.41, 5.74) is 3.91. The Labute approximate surface area is 194 Å². The number of carbonyl (C=O) groups excluding carboxylic acids is 1. The molecule has 0 fully saturated rings. The summed E-state index contributed by atoms with van der Waals surface area (Å²) in [6.07, 6.45) is 5.88. The van der Waals surface area contributed by atoms with Crippen molar-refractivity contribution >= 4 is 44.8 Å². The van der Waals surface area contributed by atoms with E-state index in [0.29, 0.717) is 5.02 Å². The van der Waals surface area contributed by atoms with E-state index in [0.717, 1.165) is 29.0 Å². The molecular formula is C23H28Cl2N2O3S. The molecule has 0 heterocycles. The fraction of sp³-hybridized carbons (Fsp3) is 0.435. The van der Waals surface area contributed by atoms with Gasteiger partial charge in [0, 0.05) is 5.02 Å². The molecule has 3 rings (SSSR count). The van der Waals surface area contributed by atoms with Crippen LogP contribution in [0.1, 0.15) is 55.8 Å². The van der Waals surface area contributed by atoms with Gasteiger partial charge in [-0.05, 0) is 73.9 Å². The number of nitrogens with one attached hydrogen (secondary N) is 1. The SMILES string of the molecule is CC[C@@H](C(=O)N[C@H](C)c1ccc2c(c1)CCCC2)N(c1cc(Cl)ccc1Cl)S(C)(=O)=O. The average molecular weight is 483 g/mol. The number of rotatable bonds is 7. The molecule has 1 aliphatic carbocycles. The number of fused-ring (bicyclic) bond motifs is 1. The highest BCUT2D eigenvalue weighted by molar-refractivity contribution is 7.92. The molecule has 31 heavy (non-hydrogen) atoms. The van der Waals surface area contributed by atoms with Crippen LogP contribution in [0.15, 0.2) is 36.4 Å². The van der Waals surface area contributed by atoms with Crippen molar-refractivity contribution in [3.8, 4) is 0 Å². The lowest BCUT2D eigenvalue weighted by atomic mass is 9.89. The topological polar surface area (TPSA) is 66.5 Å². The summed E-state index contributed by atoms with van der Waals surface area (Å²) in [6, 6.07) is 9.69. The van der Waals surface area contributed by atoms with Crippen molar-refractivity contribution in [2.75, 3.05) is 10.6 Å². The molecule has 0 saturated carbocycles. The molecule has 5 nitrogen and oxygen atoms in total. The van der Waals surface area contributed by atoms with E-state index in [1.54, 1.807) is 13.0 Å². The number of aryl methyl sites for hydroxylation is 2. The van der Waals surface area contributed by atoms with Gasteiger partial charge in [0.05, 0.1) is 23.0 Å². The van der Waals surface area contributed by atoms with Crippen LogP contribution in [0.2, 0.25) is 10.0 Å². The number of hydrogen-bond donors (Lipinski definition) is 1. The molecule has 0 radical (unpaired) electrons. The molecule has 1 aliphatic rings. The second-order valence-corrected chi connectivity index (χ2v) is 10.7. The van der Waals surface area contributed by atoms with Crippen LogP contribution in [-0.4, -0.2) is 26.6 Å². The number of benzene rings is 2. The number of sulfonamides is 1. The second kappa shape index (κ2) is 9.80. The van der Waals surface area contributed by atoms with Crippen LogP contribution in [-0.2, 0) is 27.7 Å². The van der Waals surface area contributed by atoms with E-state index in [2.05, 4.69) is 17.4 Å². The Morgan fingerprint density at radius 3 is 2.42 bits per heavy atom. The van der Waals surface area contributed by atoms with E-state index >= 15 is 0 Å². The van der Waals surface area contributed by atoms with Crippen molar-refractivity contribution < 1.29 is 13.2 Å². The van der Waals surface area contributed by atoms with Crippen LogP contribution in [0, 0.1) is 0 Å². The van der Waals surface area contributed by atoms with Crippen molar-refractivity contribution in [2.45, 2.75) is 58.0 Å². The number of anilines is 1. The van der Waals surface area contributed by atoms with Gasteiger partial charge in [0.15, 0.2) is 0 Å². The standard InChI is InChI=1S/C23H28Cl2N2O3S/c1-4-21(27(31(3,29)30)22-14-19(24)11-12-20(22)25)23(28)26-15(2)17-10-9-16-7-5-6-8-18(16)13-17/h9-15,21H,4-8H2,1-3H3,(H,26,28)/t15-,21+/m1/s1. The molecule has 0 unspecified atom stereocenters. The highest BCUT2D eigenvalue weighted by Gasteiger charge is 2.33. The maximum Gasteiger partial charge on any atom is 0.244 e. The summed E-state index contributed by atoms with van der Waals surface area (Å²) >= 11 is 12.4. The molecule has 0 bridgehead atoms. The van der Waals surface area contributed by atoms with Gasteiger partial charge in [0.2, 0.25) is 15.9 Å². The molecule has 0 aliphatic heterocycles. The molecule has 1 N–H and O–H groups in total. The summed E-state index contributed by atoms with van der Waals surface area (Å²) in [5.74, 6) is -0.380. The quantitative estimate of drug-likeness (QED) is 0.582. The van der Waals surface area contributed by atoms with Crippen LogP contribution >= 0.6 is 23.2 Å². The Hall–Kier alpha value is -1.76. The molecule has 2 aromatic carbocycles. The van der Waals surface area contributed by atoms with Gasteiger partial charge in [0.1, 0.15) is 6.04 Å². The third kappa shape index (κ3) is 5.54. The van der Waals surface area contributed by atoms with Gasteiger partial charge in [-0.3, -0.25) is 9.10 Å². The van der Waals surface area contributed by atoms with Gasteiger partial charge in [0.25, 0.3) is 0 Å². The first-order valence-electron chi connectivity index (χ1n) is 10.5. The van der Waals surface area contributed by atoms with Crippen LogP contribution in [0.4, 0.5) is 5.69 Å². The fourth-order valence-corrected chi connectivity index (χ4v) is 5.75. The smallest absolute Gasteiger partial charge is 0.244 e. The van der Waals surface area contributed by atoms with Crippen molar-refractivity contribution in [1.29, 1.82) is 0 Å². The summed E-state index contributed by atoms with van der Waals surface area (Å²) in [6.45, 7) is 3.68. The zero-order valence-corrected chi connectivity index (χ0v) is 20.3. The highest BCUT2D eigenvalue weighted by atomic mass is 35.5. The molecule has 0 aromatic heterocycles. The normalized spacial score (nSPS) is 15.6. The summed E-state index contributed by atoms with van der Waals surface area (Å²) in [5, 5.41) is 3.54. The van der Waals surface area contributed by atoms with Crippen LogP contribution in [0.3, 0.4) is 0 Å². The zero-order chi connectivity index (χ0) is 22.8. The van der Waals surface area contributed by atoms with Crippen LogP contribution in [0.25, 0.3) is 0 Å². The predicted molar refractivity (Wildman–Crippen MR) is 128 cm³/mol. The first kappa shape index (κ1) is 23.9. The van der Waals surface area contributed by atoms with E-state index in [1.807, 2.05) is 13.0 Å². The Morgan fingerprint density at radius 2 is 1.77 bits per heavy atom. The second-order valence-electron chi connectivity index (χ2n) is 8.04. The van der Waals surface area contributed by atoms with Gasteiger partial charge in [-0.1, -0.05) is 48.3 Å². The van der Waals surface area contributed by atoms with Crippen LogP contribution in [0.5, 0.6) is 0 Å². The van der Waals surface area contributed by atoms with Crippen LogP contribution < -0.4 is 9.62 Å². The largest absolute Gasteiger partial charge is 0.348 e. The molecule has 2 aromatic rings. The lowest BCUT2D eigenvalue weighted by molar-refractivity contribution is -0.122. The molecular weight excluding hydrogens is 455 g/mol. The maximum absolute atomic E-state index is 13.2. The van der Waals surface area contributed by atoms with E-state index in [1.165, 1.54) is 36.1 Å². The third-order valence-electron chi connectivity index (χ3n) is 5.71. The van der Waals surface area contributed by atoms with Crippen molar-refractivity contribution in [2.24, 2.45) is 0 Å². The minimum absolute atomic E-state index is 0.195. The van der Waals surface area contributed by atoms with Crippen molar-refractivity contribution in [3.63, 3.8) is 0 Å². The first-order chi connectivity index (χ1) is 14.6. The lowest BCUT2D eigenvalue weighted by Crippen LogP contribution is -2.49. The van der Waals surface area contributed by atoms with Crippen molar-refractivity contribution in [3.05, 3.63) is 63.1 Å². The number of hydrogen-bond acceptors (Lipinski definition) is 3. The number of carbonyl (C=O) groups is 1.